The van der Waals surface area contributed by atoms with Crippen LogP contribution in [0.3, 0.4) is 0 Å². The lowest BCUT2D eigenvalue weighted by Gasteiger charge is -2.30. The van der Waals surface area contributed by atoms with E-state index < -0.39 is 6.04 Å². The minimum Gasteiger partial charge on any atom is -0.493 e. The summed E-state index contributed by atoms with van der Waals surface area (Å²) in [5.74, 6) is 0.511. The standard InChI is InChI=1S/C25H33FN2O4/c1-6-17(2)27-25(30)18(3)28(16-20-7-11-21(26)12-8-20)24(29)14-10-19-9-13-22(31-4)23(15-19)32-5/h7-9,11-13,15,17-18H,6,10,14,16H2,1-5H3,(H,27,30)/t17-,18-/m0/s1. The fourth-order valence-corrected chi connectivity index (χ4v) is 3.27. The predicted molar refractivity (Wildman–Crippen MR) is 122 cm³/mol. The summed E-state index contributed by atoms with van der Waals surface area (Å²) in [5.41, 5.74) is 1.68. The minimum absolute atomic E-state index is 0.0134. The van der Waals surface area contributed by atoms with Crippen molar-refractivity contribution < 1.29 is 23.5 Å². The highest BCUT2D eigenvalue weighted by Gasteiger charge is 2.26. The minimum atomic E-state index is -0.660. The molecule has 2 rings (SSSR count). The van der Waals surface area contributed by atoms with E-state index in [1.165, 1.54) is 12.1 Å². The molecule has 0 spiro atoms. The number of ether oxygens (including phenoxy) is 2. The molecule has 174 valence electrons. The monoisotopic (exact) mass is 444 g/mol. The summed E-state index contributed by atoms with van der Waals surface area (Å²) in [5, 5.41) is 2.94. The average Bonchev–Trinajstić information content (AvgIpc) is 2.81. The van der Waals surface area contributed by atoms with Gasteiger partial charge < -0.3 is 19.7 Å². The Hall–Kier alpha value is -3.09. The smallest absolute Gasteiger partial charge is 0.242 e. The van der Waals surface area contributed by atoms with E-state index in [0.29, 0.717) is 17.9 Å². The largest absolute Gasteiger partial charge is 0.493 e. The topological polar surface area (TPSA) is 67.9 Å². The first-order valence-electron chi connectivity index (χ1n) is 10.8. The zero-order chi connectivity index (χ0) is 23.7. The van der Waals surface area contributed by atoms with Gasteiger partial charge in [-0.2, -0.15) is 0 Å². The Balaban J connectivity index is 2.17. The lowest BCUT2D eigenvalue weighted by atomic mass is 10.1. The number of carbonyl (C=O) groups excluding carboxylic acids is 2. The Morgan fingerprint density at radius 2 is 1.62 bits per heavy atom. The van der Waals surface area contributed by atoms with Crippen molar-refractivity contribution >= 4 is 11.8 Å². The van der Waals surface area contributed by atoms with Gasteiger partial charge in [0, 0.05) is 19.0 Å². The quantitative estimate of drug-likeness (QED) is 0.566. The molecule has 2 amide bonds. The number of carbonyl (C=O) groups is 2. The van der Waals surface area contributed by atoms with Gasteiger partial charge in [0.2, 0.25) is 11.8 Å². The van der Waals surface area contributed by atoms with Gasteiger partial charge in [0.25, 0.3) is 0 Å². The first-order chi connectivity index (χ1) is 15.3. The van der Waals surface area contributed by atoms with Crippen molar-refractivity contribution in [1.82, 2.24) is 10.2 Å². The van der Waals surface area contributed by atoms with E-state index in [1.807, 2.05) is 26.0 Å². The molecule has 0 aliphatic carbocycles. The van der Waals surface area contributed by atoms with Crippen LogP contribution in [-0.2, 0) is 22.6 Å². The van der Waals surface area contributed by atoms with Crippen molar-refractivity contribution in [1.29, 1.82) is 0 Å². The molecule has 1 N–H and O–H groups in total. The third-order valence-electron chi connectivity index (χ3n) is 5.51. The lowest BCUT2D eigenvalue weighted by Crippen LogP contribution is -2.49. The van der Waals surface area contributed by atoms with E-state index >= 15 is 0 Å². The molecule has 0 bridgehead atoms. The number of hydrogen-bond acceptors (Lipinski definition) is 4. The highest BCUT2D eigenvalue weighted by atomic mass is 19.1. The molecule has 0 radical (unpaired) electrons. The van der Waals surface area contributed by atoms with E-state index in [9.17, 15) is 14.0 Å². The molecule has 0 heterocycles. The van der Waals surface area contributed by atoms with Crippen molar-refractivity contribution in [2.45, 2.75) is 58.7 Å². The molecule has 0 saturated heterocycles. The third kappa shape index (κ3) is 6.97. The second kappa shape index (κ2) is 12.1. The van der Waals surface area contributed by atoms with Crippen molar-refractivity contribution in [3.8, 4) is 11.5 Å². The van der Waals surface area contributed by atoms with Gasteiger partial charge in [-0.05, 0) is 62.1 Å². The Kier molecular flexibility index (Phi) is 9.50. The molecule has 0 aromatic heterocycles. The van der Waals surface area contributed by atoms with Crippen LogP contribution >= 0.6 is 0 Å². The molecule has 0 fully saturated rings. The fraction of sp³-hybridized carbons (Fsp3) is 0.440. The number of halogens is 1. The number of hydrogen-bond donors (Lipinski definition) is 1. The second-order valence-electron chi connectivity index (χ2n) is 7.83. The molecule has 0 saturated carbocycles. The van der Waals surface area contributed by atoms with Gasteiger partial charge >= 0.3 is 0 Å². The van der Waals surface area contributed by atoms with Gasteiger partial charge in [0.05, 0.1) is 14.2 Å². The second-order valence-corrected chi connectivity index (χ2v) is 7.83. The number of amides is 2. The predicted octanol–water partition coefficient (Wildman–Crippen LogP) is 4.11. The van der Waals surface area contributed by atoms with E-state index in [1.54, 1.807) is 44.2 Å². The van der Waals surface area contributed by atoms with Crippen LogP contribution in [0.15, 0.2) is 42.5 Å². The van der Waals surface area contributed by atoms with Gasteiger partial charge in [0.1, 0.15) is 11.9 Å². The van der Waals surface area contributed by atoms with Crippen molar-refractivity contribution in [3.05, 3.63) is 59.4 Å². The maximum atomic E-state index is 13.3. The molecule has 0 unspecified atom stereocenters. The molecule has 7 heteroatoms. The van der Waals surface area contributed by atoms with Crippen LogP contribution in [0.2, 0.25) is 0 Å². The molecule has 0 aliphatic heterocycles. The summed E-state index contributed by atoms with van der Waals surface area (Å²) in [7, 11) is 3.13. The van der Waals surface area contributed by atoms with Gasteiger partial charge in [0.15, 0.2) is 11.5 Å². The van der Waals surface area contributed by atoms with Crippen molar-refractivity contribution in [3.63, 3.8) is 0 Å². The zero-order valence-corrected chi connectivity index (χ0v) is 19.5. The van der Waals surface area contributed by atoms with Crippen LogP contribution in [0.5, 0.6) is 11.5 Å². The fourth-order valence-electron chi connectivity index (χ4n) is 3.27. The first kappa shape index (κ1) is 25.2. The number of benzene rings is 2. The first-order valence-corrected chi connectivity index (χ1v) is 10.8. The van der Waals surface area contributed by atoms with Crippen molar-refractivity contribution in [2.75, 3.05) is 14.2 Å². The number of rotatable bonds is 11. The van der Waals surface area contributed by atoms with Gasteiger partial charge in [-0.15, -0.1) is 0 Å². The van der Waals surface area contributed by atoms with Crippen LogP contribution in [0, 0.1) is 5.82 Å². The molecular formula is C25H33FN2O4. The van der Waals surface area contributed by atoms with E-state index in [2.05, 4.69) is 5.32 Å². The Bertz CT molecular complexity index is 901. The average molecular weight is 445 g/mol. The Morgan fingerprint density at radius 1 is 1.00 bits per heavy atom. The van der Waals surface area contributed by atoms with Gasteiger partial charge in [-0.25, -0.2) is 4.39 Å². The summed E-state index contributed by atoms with van der Waals surface area (Å²) in [4.78, 5) is 27.5. The van der Waals surface area contributed by atoms with Crippen LogP contribution in [0.1, 0.15) is 44.7 Å². The Labute approximate surface area is 189 Å². The molecular weight excluding hydrogens is 411 g/mol. The summed E-state index contributed by atoms with van der Waals surface area (Å²) < 4.78 is 23.9. The number of nitrogens with zero attached hydrogens (tertiary/aromatic N) is 1. The zero-order valence-electron chi connectivity index (χ0n) is 19.5. The van der Waals surface area contributed by atoms with Crippen LogP contribution < -0.4 is 14.8 Å². The van der Waals surface area contributed by atoms with Crippen LogP contribution in [0.25, 0.3) is 0 Å². The van der Waals surface area contributed by atoms with E-state index in [4.69, 9.17) is 9.47 Å². The highest BCUT2D eigenvalue weighted by molar-refractivity contribution is 5.87. The normalized spacial score (nSPS) is 12.6. The highest BCUT2D eigenvalue weighted by Crippen LogP contribution is 2.28. The van der Waals surface area contributed by atoms with Crippen LogP contribution in [-0.4, -0.2) is 43.0 Å². The summed E-state index contributed by atoms with van der Waals surface area (Å²) in [6.45, 7) is 5.85. The molecule has 2 aromatic rings. The molecule has 2 atom stereocenters. The lowest BCUT2D eigenvalue weighted by molar-refractivity contribution is -0.140. The number of methoxy groups -OCH3 is 2. The van der Waals surface area contributed by atoms with E-state index in [-0.39, 0.29) is 36.6 Å². The van der Waals surface area contributed by atoms with Gasteiger partial charge in [-0.3, -0.25) is 9.59 Å². The van der Waals surface area contributed by atoms with Gasteiger partial charge in [-0.1, -0.05) is 25.1 Å². The van der Waals surface area contributed by atoms with Crippen molar-refractivity contribution in [2.24, 2.45) is 0 Å². The SMILES string of the molecule is CC[C@H](C)NC(=O)[C@H](C)N(Cc1ccc(F)cc1)C(=O)CCc1ccc(OC)c(OC)c1. The maximum absolute atomic E-state index is 13.3. The van der Waals surface area contributed by atoms with Crippen LogP contribution in [0.4, 0.5) is 4.39 Å². The third-order valence-corrected chi connectivity index (χ3v) is 5.51. The molecule has 0 aliphatic rings. The summed E-state index contributed by atoms with van der Waals surface area (Å²) in [6, 6.07) is 10.8. The molecule has 32 heavy (non-hydrogen) atoms. The maximum Gasteiger partial charge on any atom is 0.242 e. The Morgan fingerprint density at radius 3 is 2.22 bits per heavy atom. The molecule has 6 nitrogen and oxygen atoms in total. The summed E-state index contributed by atoms with van der Waals surface area (Å²) >= 11 is 0. The molecule has 2 aromatic carbocycles. The van der Waals surface area contributed by atoms with E-state index in [0.717, 1.165) is 17.5 Å². The number of aryl methyl sites for hydroxylation is 1. The number of nitrogens with one attached hydrogen (secondary N) is 1. The summed E-state index contributed by atoms with van der Waals surface area (Å²) in [6.07, 6.45) is 1.50.